The van der Waals surface area contributed by atoms with Crippen molar-refractivity contribution in [2.45, 2.75) is 0 Å². The van der Waals surface area contributed by atoms with Gasteiger partial charge in [-0.05, 0) is 32.8 Å². The molecule has 0 N–H and O–H groups in total. The molecule has 0 amide bonds. The number of ether oxygens (including phenoxy) is 1. The summed E-state index contributed by atoms with van der Waals surface area (Å²) in [5.41, 5.74) is -0.190. The van der Waals surface area contributed by atoms with Crippen molar-refractivity contribution in [2.24, 2.45) is 0 Å². The monoisotopic (exact) mass is 411 g/mol. The minimum Gasteiger partial charge on any atom is -0.453 e. The van der Waals surface area contributed by atoms with Gasteiger partial charge in [0.15, 0.2) is 5.75 Å². The van der Waals surface area contributed by atoms with Gasteiger partial charge in [-0.2, -0.15) is 0 Å². The van der Waals surface area contributed by atoms with E-state index in [9.17, 15) is 10.1 Å². The quantitative estimate of drug-likeness (QED) is 0.359. The van der Waals surface area contributed by atoms with E-state index in [0.29, 0.717) is 5.75 Å². The molecule has 3 rings (SSSR count). The van der Waals surface area contributed by atoms with Gasteiger partial charge < -0.3 is 4.74 Å². The maximum atomic E-state index is 10.8. The first-order chi connectivity index (χ1) is 11.0. The lowest BCUT2D eigenvalue weighted by atomic mass is 10.1. The first kappa shape index (κ1) is 16.1. The topological polar surface area (TPSA) is 52.4 Å². The number of benzene rings is 3. The first-order valence-corrected chi connectivity index (χ1v) is 8.01. The number of nitro benzene ring substituents is 1. The van der Waals surface area contributed by atoms with E-state index in [4.69, 9.17) is 27.9 Å². The van der Waals surface area contributed by atoms with Crippen LogP contribution in [0.1, 0.15) is 0 Å². The molecule has 0 aliphatic heterocycles. The molecule has 0 heterocycles. The molecule has 0 saturated heterocycles. The van der Waals surface area contributed by atoms with Gasteiger partial charge in [-0.3, -0.25) is 10.1 Å². The van der Waals surface area contributed by atoms with Crippen LogP contribution in [0, 0.1) is 10.1 Å². The summed E-state index contributed by atoms with van der Waals surface area (Å²) >= 11 is 15.6. The van der Waals surface area contributed by atoms with Crippen molar-refractivity contribution in [2.75, 3.05) is 0 Å². The van der Waals surface area contributed by atoms with E-state index in [1.54, 1.807) is 6.07 Å². The zero-order valence-corrected chi connectivity index (χ0v) is 14.5. The second-order valence-corrected chi connectivity index (χ2v) is 6.30. The third-order valence-corrected chi connectivity index (χ3v) is 4.61. The fourth-order valence-corrected chi connectivity index (χ4v) is 3.28. The molecule has 23 heavy (non-hydrogen) atoms. The average molecular weight is 413 g/mol. The predicted molar refractivity (Wildman–Crippen MR) is 94.8 cm³/mol. The van der Waals surface area contributed by atoms with Crippen molar-refractivity contribution in [3.8, 4) is 11.5 Å². The van der Waals surface area contributed by atoms with Gasteiger partial charge in [-0.15, -0.1) is 0 Å². The molecule has 116 valence electrons. The van der Waals surface area contributed by atoms with Gasteiger partial charge in [0.2, 0.25) is 0 Å². The number of halogens is 3. The summed E-state index contributed by atoms with van der Waals surface area (Å²) in [6.07, 6.45) is 0. The molecule has 0 aliphatic rings. The second-order valence-electron chi connectivity index (χ2n) is 4.70. The van der Waals surface area contributed by atoms with Crippen LogP contribution in [0.25, 0.3) is 10.8 Å². The highest BCUT2D eigenvalue weighted by Gasteiger charge is 2.17. The molecule has 3 aromatic carbocycles. The lowest BCUT2D eigenvalue weighted by Crippen LogP contribution is -1.92. The van der Waals surface area contributed by atoms with Gasteiger partial charge >= 0.3 is 0 Å². The van der Waals surface area contributed by atoms with Crippen LogP contribution < -0.4 is 4.74 Å². The number of rotatable bonds is 3. The van der Waals surface area contributed by atoms with Gasteiger partial charge in [0.1, 0.15) is 5.75 Å². The van der Waals surface area contributed by atoms with Crippen LogP contribution in [0.2, 0.25) is 10.0 Å². The molecule has 0 aromatic heterocycles. The number of hydrogen-bond donors (Lipinski definition) is 0. The van der Waals surface area contributed by atoms with Gasteiger partial charge in [0.05, 0.1) is 19.4 Å². The Hall–Kier alpha value is -1.82. The molecule has 0 unspecified atom stereocenters. The summed E-state index contributed by atoms with van der Waals surface area (Å²) < 4.78 is 6.53. The molecule has 0 radical (unpaired) electrons. The van der Waals surface area contributed by atoms with Gasteiger partial charge in [0.25, 0.3) is 5.69 Å². The predicted octanol–water partition coefficient (Wildman–Crippen LogP) is 6.61. The Kier molecular flexibility index (Phi) is 4.43. The molecule has 0 bridgehead atoms. The summed E-state index contributed by atoms with van der Waals surface area (Å²) in [7, 11) is 0. The Balaban J connectivity index is 2.06. The minimum absolute atomic E-state index is 0.0734. The molecular formula is C16H8BrCl2NO3. The molecule has 0 fully saturated rings. The zero-order chi connectivity index (χ0) is 16.6. The number of nitro groups is 1. The molecular weight excluding hydrogens is 405 g/mol. The van der Waals surface area contributed by atoms with Crippen LogP contribution in [0.15, 0.2) is 53.0 Å². The molecule has 7 heteroatoms. The van der Waals surface area contributed by atoms with Crippen LogP contribution in [0.3, 0.4) is 0 Å². The van der Waals surface area contributed by atoms with Crippen LogP contribution >= 0.6 is 39.1 Å². The van der Waals surface area contributed by atoms with Gasteiger partial charge in [-0.1, -0.05) is 53.5 Å². The number of nitrogens with zero attached hydrogens (tertiary/aromatic N) is 1. The van der Waals surface area contributed by atoms with Crippen molar-refractivity contribution < 1.29 is 9.66 Å². The lowest BCUT2D eigenvalue weighted by Gasteiger charge is -2.12. The fraction of sp³-hybridized carbons (Fsp3) is 0. The van der Waals surface area contributed by atoms with Crippen LogP contribution in [-0.4, -0.2) is 4.92 Å². The van der Waals surface area contributed by atoms with Crippen molar-refractivity contribution in [1.29, 1.82) is 0 Å². The van der Waals surface area contributed by atoms with Crippen LogP contribution in [0.5, 0.6) is 11.5 Å². The van der Waals surface area contributed by atoms with E-state index in [0.717, 1.165) is 15.2 Å². The number of hydrogen-bond acceptors (Lipinski definition) is 3. The Morgan fingerprint density at radius 1 is 1.04 bits per heavy atom. The summed E-state index contributed by atoms with van der Waals surface area (Å²) in [4.78, 5) is 10.3. The summed E-state index contributed by atoms with van der Waals surface area (Å²) in [5.74, 6) is 0.691. The molecule has 3 aromatic rings. The van der Waals surface area contributed by atoms with E-state index in [1.165, 1.54) is 12.1 Å². The maximum absolute atomic E-state index is 10.8. The SMILES string of the molecule is O=[N+]([O-])c1cc(Cl)c(Oc2ccc3ccccc3c2Br)c(Cl)c1. The Morgan fingerprint density at radius 3 is 2.35 bits per heavy atom. The highest BCUT2D eigenvalue weighted by atomic mass is 79.9. The Labute approximate surface area is 149 Å². The van der Waals surface area contributed by atoms with E-state index in [1.807, 2.05) is 30.3 Å². The normalized spacial score (nSPS) is 10.7. The van der Waals surface area contributed by atoms with Crippen molar-refractivity contribution in [1.82, 2.24) is 0 Å². The number of fused-ring (bicyclic) bond motifs is 1. The van der Waals surface area contributed by atoms with Crippen molar-refractivity contribution >= 4 is 55.6 Å². The van der Waals surface area contributed by atoms with E-state index >= 15 is 0 Å². The Bertz CT molecular complexity index is 907. The fourth-order valence-electron chi connectivity index (χ4n) is 2.15. The minimum atomic E-state index is -0.562. The first-order valence-electron chi connectivity index (χ1n) is 6.46. The van der Waals surface area contributed by atoms with Gasteiger partial charge in [-0.25, -0.2) is 0 Å². The van der Waals surface area contributed by atoms with Crippen molar-refractivity contribution in [3.05, 3.63) is 73.2 Å². The molecule has 0 atom stereocenters. The highest BCUT2D eigenvalue weighted by Crippen LogP contribution is 2.42. The van der Waals surface area contributed by atoms with Gasteiger partial charge in [0, 0.05) is 12.1 Å². The maximum Gasteiger partial charge on any atom is 0.272 e. The smallest absolute Gasteiger partial charge is 0.272 e. The molecule has 4 nitrogen and oxygen atoms in total. The second kappa shape index (κ2) is 6.35. The van der Waals surface area contributed by atoms with E-state index in [-0.39, 0.29) is 21.5 Å². The summed E-state index contributed by atoms with van der Waals surface area (Å²) in [6, 6.07) is 13.9. The lowest BCUT2D eigenvalue weighted by molar-refractivity contribution is -0.384. The third-order valence-electron chi connectivity index (χ3n) is 3.23. The van der Waals surface area contributed by atoms with Crippen LogP contribution in [-0.2, 0) is 0 Å². The molecule has 0 saturated carbocycles. The van der Waals surface area contributed by atoms with Crippen molar-refractivity contribution in [3.63, 3.8) is 0 Å². The third kappa shape index (κ3) is 3.13. The molecule has 0 spiro atoms. The largest absolute Gasteiger partial charge is 0.453 e. The van der Waals surface area contributed by atoms with E-state index < -0.39 is 4.92 Å². The average Bonchev–Trinajstić information content (AvgIpc) is 2.52. The highest BCUT2D eigenvalue weighted by molar-refractivity contribution is 9.10. The molecule has 0 aliphatic carbocycles. The van der Waals surface area contributed by atoms with E-state index in [2.05, 4.69) is 15.9 Å². The number of non-ortho nitro benzene ring substituents is 1. The zero-order valence-electron chi connectivity index (χ0n) is 11.4. The summed E-state index contributed by atoms with van der Waals surface area (Å²) in [6.45, 7) is 0. The standard InChI is InChI=1S/C16H8BrCl2NO3/c17-15-11-4-2-1-3-9(11)5-6-14(15)23-16-12(18)7-10(20(21)22)8-13(16)19/h1-8H. The summed E-state index contributed by atoms with van der Waals surface area (Å²) in [5, 5.41) is 13.0. The van der Waals surface area contributed by atoms with Crippen LogP contribution in [0.4, 0.5) is 5.69 Å². The Morgan fingerprint density at radius 2 is 1.70 bits per heavy atom.